The molecular weight excluding hydrogens is 394 g/mol. The number of ketones is 1. The van der Waals surface area contributed by atoms with Crippen LogP contribution in [-0.2, 0) is 16.1 Å². The van der Waals surface area contributed by atoms with Crippen molar-refractivity contribution in [3.05, 3.63) is 71.3 Å². The first-order chi connectivity index (χ1) is 11.9. The van der Waals surface area contributed by atoms with Crippen LogP contribution in [0, 0.1) is 0 Å². The molecule has 5 heteroatoms. The number of esters is 1. The number of nitrogens with zero attached hydrogens (tertiary/aromatic N) is 1. The summed E-state index contributed by atoms with van der Waals surface area (Å²) in [5.41, 5.74) is 2.54. The fourth-order valence-corrected chi connectivity index (χ4v) is 2.60. The van der Waals surface area contributed by atoms with Crippen LogP contribution in [0.25, 0.3) is 0 Å². The van der Waals surface area contributed by atoms with Crippen molar-refractivity contribution in [2.45, 2.75) is 19.9 Å². The van der Waals surface area contributed by atoms with Crippen LogP contribution < -0.4 is 17.0 Å². The predicted molar refractivity (Wildman–Crippen MR) is 98.2 cm³/mol. The Morgan fingerprint density at radius 3 is 2.08 bits per heavy atom. The number of halogens is 1. The highest BCUT2D eigenvalue weighted by molar-refractivity contribution is 6.08. The molecule has 0 saturated heterocycles. The highest BCUT2D eigenvalue weighted by Crippen LogP contribution is 2.14. The summed E-state index contributed by atoms with van der Waals surface area (Å²) in [7, 11) is 4.20. The van der Waals surface area contributed by atoms with Gasteiger partial charge in [-0.1, -0.05) is 61.5 Å². The highest BCUT2D eigenvalue weighted by Gasteiger charge is 2.17. The summed E-state index contributed by atoms with van der Waals surface area (Å²) in [5, 5.41) is 0. The Morgan fingerprint density at radius 2 is 1.50 bits per heavy atom. The van der Waals surface area contributed by atoms with Crippen LogP contribution in [0.5, 0.6) is 0 Å². The second-order valence-corrected chi connectivity index (χ2v) is 6.78. The van der Waals surface area contributed by atoms with Crippen LogP contribution in [0.1, 0.15) is 34.8 Å². The van der Waals surface area contributed by atoms with Crippen molar-refractivity contribution in [1.29, 1.82) is 0 Å². The Labute approximate surface area is 166 Å². The van der Waals surface area contributed by atoms with Crippen LogP contribution >= 0.6 is 0 Å². The Bertz CT molecular complexity index is 712. The van der Waals surface area contributed by atoms with Crippen LogP contribution in [-0.4, -0.2) is 43.5 Å². The minimum absolute atomic E-state index is 0. The van der Waals surface area contributed by atoms with Crippen molar-refractivity contribution in [3.63, 3.8) is 0 Å². The largest absolute Gasteiger partial charge is 1.00 e. The number of hydrogen-bond acceptors (Lipinski definition) is 3. The van der Waals surface area contributed by atoms with E-state index < -0.39 is 0 Å². The quantitative estimate of drug-likeness (QED) is 0.354. The molecule has 0 saturated carbocycles. The van der Waals surface area contributed by atoms with Gasteiger partial charge in [-0.25, -0.2) is 0 Å². The lowest BCUT2D eigenvalue weighted by Gasteiger charge is -2.29. The van der Waals surface area contributed by atoms with Gasteiger partial charge in [0.05, 0.1) is 14.1 Å². The molecule has 0 aromatic heterocycles. The van der Waals surface area contributed by atoms with E-state index in [4.69, 9.17) is 4.74 Å². The molecule has 0 radical (unpaired) electrons. The molecule has 0 aliphatic carbocycles. The minimum atomic E-state index is -0.163. The average molecular weight is 420 g/mol. The van der Waals surface area contributed by atoms with Gasteiger partial charge in [0.25, 0.3) is 0 Å². The van der Waals surface area contributed by atoms with Crippen molar-refractivity contribution in [2.24, 2.45) is 0 Å². The first-order valence-corrected chi connectivity index (χ1v) is 8.57. The summed E-state index contributed by atoms with van der Waals surface area (Å²) in [4.78, 5) is 23.6. The maximum Gasteiger partial charge on any atom is 0.305 e. The van der Waals surface area contributed by atoms with Crippen molar-refractivity contribution < 1.29 is 35.8 Å². The van der Waals surface area contributed by atoms with Gasteiger partial charge in [0.1, 0.15) is 19.7 Å². The van der Waals surface area contributed by atoms with Crippen LogP contribution in [0.15, 0.2) is 54.6 Å². The highest BCUT2D eigenvalue weighted by atomic mass is 79.9. The molecule has 26 heavy (non-hydrogen) atoms. The zero-order valence-corrected chi connectivity index (χ0v) is 17.2. The smallest absolute Gasteiger partial charge is 0.305 e. The Hall–Kier alpha value is -1.98. The molecule has 0 amide bonds. The number of rotatable bonds is 8. The van der Waals surface area contributed by atoms with Gasteiger partial charge < -0.3 is 26.2 Å². The number of likely N-dealkylation sites (N-methyl/N-ethyl adjacent to an activating group) is 1. The topological polar surface area (TPSA) is 43.4 Å². The van der Waals surface area contributed by atoms with Gasteiger partial charge in [0.15, 0.2) is 5.78 Å². The van der Waals surface area contributed by atoms with E-state index in [-0.39, 0.29) is 28.7 Å². The van der Waals surface area contributed by atoms with Gasteiger partial charge in [-0.15, -0.1) is 0 Å². The van der Waals surface area contributed by atoms with Gasteiger partial charge in [0.2, 0.25) is 0 Å². The van der Waals surface area contributed by atoms with E-state index in [1.165, 1.54) is 0 Å². The average Bonchev–Trinajstić information content (AvgIpc) is 2.62. The molecule has 2 aromatic carbocycles. The van der Waals surface area contributed by atoms with Crippen LogP contribution in [0.3, 0.4) is 0 Å². The third-order valence-electron chi connectivity index (χ3n) is 4.11. The second kappa shape index (κ2) is 10.2. The molecule has 2 rings (SSSR count). The molecule has 0 bridgehead atoms. The Balaban J connectivity index is 0.00000338. The number of carbonyl (C=O) groups is 2. The number of ether oxygens (including phenoxy) is 1. The van der Waals surface area contributed by atoms with Crippen molar-refractivity contribution in [3.8, 4) is 0 Å². The fraction of sp³-hybridized carbons (Fsp3) is 0.333. The first-order valence-electron chi connectivity index (χ1n) is 8.57. The van der Waals surface area contributed by atoms with Gasteiger partial charge in [-0.3, -0.25) is 9.59 Å². The lowest BCUT2D eigenvalue weighted by molar-refractivity contribution is -0.903. The maximum atomic E-state index is 12.4. The summed E-state index contributed by atoms with van der Waals surface area (Å²) in [6.45, 7) is 3.77. The van der Waals surface area contributed by atoms with Crippen molar-refractivity contribution >= 4 is 11.8 Å². The van der Waals surface area contributed by atoms with E-state index in [0.717, 1.165) is 18.7 Å². The molecular formula is C21H26BrNO3. The molecule has 0 heterocycles. The SMILES string of the molecule is CCC(=O)OCC[N+](C)(C)Cc1ccc(C(=O)c2ccccc2)cc1.[Br-]. The fourth-order valence-electron chi connectivity index (χ4n) is 2.60. The molecule has 0 atom stereocenters. The molecule has 4 nitrogen and oxygen atoms in total. The van der Waals surface area contributed by atoms with E-state index in [9.17, 15) is 9.59 Å². The molecule has 0 unspecified atom stereocenters. The van der Waals surface area contributed by atoms with Crippen molar-refractivity contribution in [2.75, 3.05) is 27.2 Å². The Kier molecular flexibility index (Phi) is 8.69. The molecule has 0 spiro atoms. The first kappa shape index (κ1) is 22.1. The summed E-state index contributed by atoms with van der Waals surface area (Å²) in [6.07, 6.45) is 0.407. The molecule has 0 aliphatic rings. The van der Waals surface area contributed by atoms with Crippen LogP contribution in [0.4, 0.5) is 0 Å². The zero-order chi connectivity index (χ0) is 18.3. The second-order valence-electron chi connectivity index (χ2n) is 6.78. The van der Waals surface area contributed by atoms with Gasteiger partial charge in [-0.05, 0) is 0 Å². The number of hydrogen-bond donors (Lipinski definition) is 0. The van der Waals surface area contributed by atoms with Gasteiger partial charge >= 0.3 is 5.97 Å². The summed E-state index contributed by atoms with van der Waals surface area (Å²) in [5.74, 6) is -0.129. The normalized spacial score (nSPS) is 10.7. The van der Waals surface area contributed by atoms with E-state index in [1.807, 2.05) is 54.6 Å². The molecule has 0 fully saturated rings. The Morgan fingerprint density at radius 1 is 0.923 bits per heavy atom. The van der Waals surface area contributed by atoms with Crippen molar-refractivity contribution in [1.82, 2.24) is 0 Å². The lowest BCUT2D eigenvalue weighted by atomic mass is 10.0. The van der Waals surface area contributed by atoms with Gasteiger partial charge in [0, 0.05) is 23.1 Å². The zero-order valence-electron chi connectivity index (χ0n) is 15.6. The number of benzene rings is 2. The summed E-state index contributed by atoms with van der Waals surface area (Å²) in [6, 6.07) is 17.0. The molecule has 2 aromatic rings. The van der Waals surface area contributed by atoms with E-state index in [2.05, 4.69) is 14.1 Å². The van der Waals surface area contributed by atoms with E-state index in [0.29, 0.717) is 28.6 Å². The third-order valence-corrected chi connectivity index (χ3v) is 4.11. The number of carbonyl (C=O) groups excluding carboxylic acids is 2. The summed E-state index contributed by atoms with van der Waals surface area (Å²) >= 11 is 0. The van der Waals surface area contributed by atoms with E-state index >= 15 is 0 Å². The monoisotopic (exact) mass is 419 g/mol. The lowest BCUT2D eigenvalue weighted by Crippen LogP contribution is -3.00. The molecule has 0 N–H and O–H groups in total. The molecule has 140 valence electrons. The maximum absolute atomic E-state index is 12.4. The number of quaternary nitrogens is 1. The van der Waals surface area contributed by atoms with Gasteiger partial charge in [-0.2, -0.15) is 0 Å². The summed E-state index contributed by atoms with van der Waals surface area (Å²) < 4.78 is 5.88. The van der Waals surface area contributed by atoms with E-state index in [1.54, 1.807) is 6.92 Å². The third kappa shape index (κ3) is 6.73. The van der Waals surface area contributed by atoms with Crippen LogP contribution in [0.2, 0.25) is 0 Å². The predicted octanol–water partition coefficient (Wildman–Crippen LogP) is 0.451. The molecule has 0 aliphatic heterocycles. The standard InChI is InChI=1S/C21H26NO3.BrH/c1-4-20(23)25-15-14-22(2,3)16-17-10-12-19(13-11-17)21(24)18-8-6-5-7-9-18;/h5-13H,4,14-16H2,1-3H3;1H/q+1;/p-1. The minimum Gasteiger partial charge on any atom is -1.00 e.